The van der Waals surface area contributed by atoms with Crippen molar-refractivity contribution in [3.05, 3.63) is 70.5 Å². The molecule has 1 atom stereocenters. The molecular weight excluding hydrogens is 406 g/mol. The number of carbonyl (C=O) groups is 1. The first-order valence-corrected chi connectivity index (χ1v) is 11.7. The van der Waals surface area contributed by atoms with Gasteiger partial charge < -0.3 is 9.64 Å². The van der Waals surface area contributed by atoms with Crippen LogP contribution in [0.4, 0.5) is 0 Å². The Balaban J connectivity index is 1.32. The summed E-state index contributed by atoms with van der Waals surface area (Å²) < 4.78 is 5.23. The molecule has 162 valence electrons. The van der Waals surface area contributed by atoms with Crippen LogP contribution in [0.2, 0.25) is 0 Å². The normalized spacial score (nSPS) is 15.6. The van der Waals surface area contributed by atoms with Gasteiger partial charge in [-0.15, -0.1) is 11.3 Å². The van der Waals surface area contributed by atoms with E-state index in [0.717, 1.165) is 66.7 Å². The molecule has 0 spiro atoms. The Morgan fingerprint density at radius 3 is 2.42 bits per heavy atom. The molecule has 0 saturated carbocycles. The Morgan fingerprint density at radius 2 is 1.77 bits per heavy atom. The first kappa shape index (κ1) is 21.5. The highest BCUT2D eigenvalue weighted by atomic mass is 32.1. The van der Waals surface area contributed by atoms with Gasteiger partial charge in [-0.05, 0) is 36.2 Å². The topological polar surface area (TPSA) is 45.7 Å². The zero-order valence-electron chi connectivity index (χ0n) is 18.2. The third-order valence-electron chi connectivity index (χ3n) is 5.89. The molecule has 1 aromatic heterocycles. The van der Waals surface area contributed by atoms with Gasteiger partial charge in [0.05, 0.1) is 25.3 Å². The molecule has 2 heterocycles. The first-order valence-electron chi connectivity index (χ1n) is 10.8. The standard InChI is InChI=1S/C25H29N3O2S/c1-3-22(19-7-5-4-6-8-19)25(29)28-15-13-27(14-16-28)17-24-26-23(18-31-24)20-9-11-21(30-2)12-10-20/h4-12,18,22H,3,13-17H2,1-2H3. The summed E-state index contributed by atoms with van der Waals surface area (Å²) in [6, 6.07) is 18.1. The van der Waals surface area contributed by atoms with Crippen molar-refractivity contribution in [3.8, 4) is 17.0 Å². The molecule has 1 aliphatic heterocycles. The van der Waals surface area contributed by atoms with E-state index in [1.165, 1.54) is 0 Å². The smallest absolute Gasteiger partial charge is 0.230 e. The number of hydrogen-bond donors (Lipinski definition) is 0. The van der Waals surface area contributed by atoms with Gasteiger partial charge in [-0.3, -0.25) is 9.69 Å². The Hall–Kier alpha value is -2.70. The van der Waals surface area contributed by atoms with Gasteiger partial charge >= 0.3 is 0 Å². The van der Waals surface area contributed by atoms with Gasteiger partial charge in [0.1, 0.15) is 10.8 Å². The number of amides is 1. The second-order valence-corrected chi connectivity index (χ2v) is 8.77. The highest BCUT2D eigenvalue weighted by Gasteiger charge is 2.27. The maximum atomic E-state index is 13.1. The molecule has 2 aromatic carbocycles. The molecule has 1 saturated heterocycles. The van der Waals surface area contributed by atoms with Crippen LogP contribution in [0, 0.1) is 0 Å². The fraction of sp³-hybridized carbons (Fsp3) is 0.360. The highest BCUT2D eigenvalue weighted by Crippen LogP contribution is 2.26. The van der Waals surface area contributed by atoms with Crippen molar-refractivity contribution < 1.29 is 9.53 Å². The van der Waals surface area contributed by atoms with Gasteiger partial charge in [-0.1, -0.05) is 37.3 Å². The minimum absolute atomic E-state index is 0.0428. The Kier molecular flexibility index (Phi) is 6.99. The van der Waals surface area contributed by atoms with E-state index < -0.39 is 0 Å². The van der Waals surface area contributed by atoms with E-state index >= 15 is 0 Å². The van der Waals surface area contributed by atoms with Crippen molar-refractivity contribution in [3.63, 3.8) is 0 Å². The number of methoxy groups -OCH3 is 1. The minimum atomic E-state index is -0.0428. The van der Waals surface area contributed by atoms with Gasteiger partial charge in [0.2, 0.25) is 5.91 Å². The summed E-state index contributed by atoms with van der Waals surface area (Å²) in [6.45, 7) is 6.24. The van der Waals surface area contributed by atoms with Crippen LogP contribution in [0.1, 0.15) is 29.8 Å². The van der Waals surface area contributed by atoms with Gasteiger partial charge in [-0.25, -0.2) is 4.98 Å². The van der Waals surface area contributed by atoms with Gasteiger partial charge in [0, 0.05) is 37.1 Å². The number of carbonyl (C=O) groups excluding carboxylic acids is 1. The lowest BCUT2D eigenvalue weighted by Gasteiger charge is -2.36. The van der Waals surface area contributed by atoms with Crippen LogP contribution in [0.3, 0.4) is 0 Å². The zero-order valence-corrected chi connectivity index (χ0v) is 19.0. The van der Waals surface area contributed by atoms with Crippen LogP contribution in [0.15, 0.2) is 60.0 Å². The monoisotopic (exact) mass is 435 g/mol. The molecule has 6 heteroatoms. The van der Waals surface area contributed by atoms with Crippen molar-refractivity contribution in [2.45, 2.75) is 25.8 Å². The highest BCUT2D eigenvalue weighted by molar-refractivity contribution is 7.09. The number of benzene rings is 2. The van der Waals surface area contributed by atoms with Crippen molar-refractivity contribution in [2.75, 3.05) is 33.3 Å². The van der Waals surface area contributed by atoms with E-state index in [0.29, 0.717) is 0 Å². The molecule has 1 unspecified atom stereocenters. The van der Waals surface area contributed by atoms with Crippen molar-refractivity contribution in [2.24, 2.45) is 0 Å². The summed E-state index contributed by atoms with van der Waals surface area (Å²) in [7, 11) is 1.67. The number of ether oxygens (including phenoxy) is 1. The summed E-state index contributed by atoms with van der Waals surface area (Å²) in [6.07, 6.45) is 0.830. The summed E-state index contributed by atoms with van der Waals surface area (Å²) in [4.78, 5) is 22.3. The molecule has 0 aliphatic carbocycles. The van der Waals surface area contributed by atoms with Crippen LogP contribution >= 0.6 is 11.3 Å². The fourth-order valence-electron chi connectivity index (χ4n) is 4.05. The lowest BCUT2D eigenvalue weighted by molar-refractivity contribution is -0.134. The quantitative estimate of drug-likeness (QED) is 0.542. The lowest BCUT2D eigenvalue weighted by atomic mass is 9.95. The summed E-state index contributed by atoms with van der Waals surface area (Å²) in [5.74, 6) is 1.06. The van der Waals surface area contributed by atoms with Gasteiger partial charge in [0.25, 0.3) is 0 Å². The Labute approximate surface area is 188 Å². The maximum Gasteiger partial charge on any atom is 0.230 e. The lowest BCUT2D eigenvalue weighted by Crippen LogP contribution is -2.49. The predicted octanol–water partition coefficient (Wildman–Crippen LogP) is 4.66. The summed E-state index contributed by atoms with van der Waals surface area (Å²) >= 11 is 1.70. The molecule has 0 bridgehead atoms. The van der Waals surface area contributed by atoms with Crippen molar-refractivity contribution in [1.82, 2.24) is 14.8 Å². The van der Waals surface area contributed by atoms with Crippen LogP contribution in [-0.2, 0) is 11.3 Å². The molecule has 1 amide bonds. The molecule has 0 radical (unpaired) electrons. The van der Waals surface area contributed by atoms with Crippen LogP contribution < -0.4 is 4.74 Å². The summed E-state index contributed by atoms with van der Waals surface area (Å²) in [5.41, 5.74) is 3.22. The predicted molar refractivity (Wildman–Crippen MR) is 125 cm³/mol. The minimum Gasteiger partial charge on any atom is -0.497 e. The largest absolute Gasteiger partial charge is 0.497 e. The molecule has 31 heavy (non-hydrogen) atoms. The average Bonchev–Trinajstić information content (AvgIpc) is 3.29. The van der Waals surface area contributed by atoms with Crippen LogP contribution in [-0.4, -0.2) is 54.0 Å². The van der Waals surface area contributed by atoms with Crippen molar-refractivity contribution >= 4 is 17.2 Å². The van der Waals surface area contributed by atoms with Crippen molar-refractivity contribution in [1.29, 1.82) is 0 Å². The zero-order chi connectivity index (χ0) is 21.6. The second kappa shape index (κ2) is 10.1. The first-order chi connectivity index (χ1) is 15.2. The number of aromatic nitrogens is 1. The summed E-state index contributed by atoms with van der Waals surface area (Å²) in [5, 5.41) is 3.23. The number of rotatable bonds is 7. The van der Waals surface area contributed by atoms with Gasteiger partial charge in [0.15, 0.2) is 0 Å². The van der Waals surface area contributed by atoms with E-state index in [1.807, 2.05) is 47.4 Å². The molecule has 5 nitrogen and oxygen atoms in total. The van der Waals surface area contributed by atoms with E-state index in [2.05, 4.69) is 29.3 Å². The van der Waals surface area contributed by atoms with E-state index in [4.69, 9.17) is 9.72 Å². The van der Waals surface area contributed by atoms with E-state index in [1.54, 1.807) is 18.4 Å². The molecule has 0 N–H and O–H groups in total. The third kappa shape index (κ3) is 5.14. The van der Waals surface area contributed by atoms with E-state index in [9.17, 15) is 4.79 Å². The third-order valence-corrected chi connectivity index (χ3v) is 6.72. The number of thiazole rings is 1. The molecule has 3 aromatic rings. The molecule has 1 fully saturated rings. The second-order valence-electron chi connectivity index (χ2n) is 7.83. The Morgan fingerprint density at radius 1 is 1.06 bits per heavy atom. The number of nitrogens with zero attached hydrogens (tertiary/aromatic N) is 3. The number of piperazine rings is 1. The Bertz CT molecular complexity index is 980. The molecule has 4 rings (SSSR count). The molecular formula is C25H29N3O2S. The molecule has 1 aliphatic rings. The van der Waals surface area contributed by atoms with Gasteiger partial charge in [-0.2, -0.15) is 0 Å². The van der Waals surface area contributed by atoms with Crippen LogP contribution in [0.5, 0.6) is 5.75 Å². The maximum absolute atomic E-state index is 13.1. The van der Waals surface area contributed by atoms with Crippen LogP contribution in [0.25, 0.3) is 11.3 Å². The number of hydrogen-bond acceptors (Lipinski definition) is 5. The van der Waals surface area contributed by atoms with E-state index in [-0.39, 0.29) is 11.8 Å². The fourth-order valence-corrected chi connectivity index (χ4v) is 4.90. The SMILES string of the molecule is CCC(C(=O)N1CCN(Cc2nc(-c3ccc(OC)cc3)cs2)CC1)c1ccccc1. The average molecular weight is 436 g/mol.